The topological polar surface area (TPSA) is 75.6 Å². The van der Waals surface area contributed by atoms with Crippen molar-refractivity contribution in [2.45, 2.75) is 0 Å². The van der Waals surface area contributed by atoms with Crippen molar-refractivity contribution in [2.75, 3.05) is 0 Å². The van der Waals surface area contributed by atoms with Gasteiger partial charge in [0.05, 0.1) is 11.6 Å². The van der Waals surface area contributed by atoms with Gasteiger partial charge in [0.2, 0.25) is 0 Å². The Morgan fingerprint density at radius 1 is 0.382 bits per heavy atom. The third-order valence-corrected chi connectivity index (χ3v) is 10.2. The van der Waals surface area contributed by atoms with Crippen LogP contribution in [0.1, 0.15) is 5.56 Å². The van der Waals surface area contributed by atoms with E-state index >= 15 is 0 Å². The molecule has 8 aromatic carbocycles. The lowest BCUT2D eigenvalue weighted by molar-refractivity contribution is 0.669. The number of furan rings is 1. The molecule has 256 valence electrons. The highest BCUT2D eigenvalue weighted by atomic mass is 16.3. The van der Waals surface area contributed by atoms with E-state index in [1.54, 1.807) is 0 Å². The van der Waals surface area contributed by atoms with Crippen molar-refractivity contribution in [1.29, 1.82) is 5.26 Å². The van der Waals surface area contributed by atoms with Crippen molar-refractivity contribution in [3.05, 3.63) is 188 Å². The van der Waals surface area contributed by atoms with E-state index in [-0.39, 0.29) is 0 Å². The predicted molar refractivity (Wildman–Crippen MR) is 222 cm³/mol. The number of hydrogen-bond acceptors (Lipinski definition) is 5. The molecule has 2 aromatic heterocycles. The summed E-state index contributed by atoms with van der Waals surface area (Å²) in [7, 11) is 0. The van der Waals surface area contributed by atoms with Crippen LogP contribution >= 0.6 is 0 Å². The van der Waals surface area contributed by atoms with Gasteiger partial charge >= 0.3 is 0 Å². The predicted octanol–water partition coefficient (Wildman–Crippen LogP) is 12.8. The van der Waals surface area contributed by atoms with Crippen LogP contribution in [0.2, 0.25) is 0 Å². The van der Waals surface area contributed by atoms with Gasteiger partial charge in [-0.25, -0.2) is 15.0 Å². The molecule has 5 nitrogen and oxygen atoms in total. The maximum absolute atomic E-state index is 9.23. The van der Waals surface area contributed by atoms with E-state index in [1.807, 2.05) is 72.8 Å². The molecule has 0 aliphatic heterocycles. The standard InChI is InChI=1S/C50H30N4O/c51-31-32-13-15-35(16-14-32)37-19-24-39(25-20-37)48-52-49(41-26-21-34-9-4-5-10-40(34)29-41)54-50(53-48)42-27-28-44-46(30-42)55-45-12-6-11-43(47(44)45)38-22-17-36(18-23-38)33-7-2-1-3-8-33/h1-30H. The van der Waals surface area contributed by atoms with Crippen LogP contribution in [0.4, 0.5) is 0 Å². The van der Waals surface area contributed by atoms with Gasteiger partial charge in [0.25, 0.3) is 0 Å². The van der Waals surface area contributed by atoms with Crippen LogP contribution < -0.4 is 0 Å². The number of hydrogen-bond donors (Lipinski definition) is 0. The fourth-order valence-electron chi connectivity index (χ4n) is 7.32. The summed E-state index contributed by atoms with van der Waals surface area (Å²) in [5.41, 5.74) is 11.5. The second kappa shape index (κ2) is 13.4. The Morgan fingerprint density at radius 2 is 0.909 bits per heavy atom. The average molecular weight is 703 g/mol. The van der Waals surface area contributed by atoms with E-state index in [2.05, 4.69) is 115 Å². The van der Waals surface area contributed by atoms with Gasteiger partial charge in [-0.2, -0.15) is 5.26 Å². The normalized spacial score (nSPS) is 11.3. The van der Waals surface area contributed by atoms with Gasteiger partial charge in [0.15, 0.2) is 17.5 Å². The molecule has 0 saturated heterocycles. The summed E-state index contributed by atoms with van der Waals surface area (Å²) in [6.07, 6.45) is 0. The second-order valence-corrected chi connectivity index (χ2v) is 13.6. The molecule has 0 aliphatic carbocycles. The zero-order valence-corrected chi connectivity index (χ0v) is 29.5. The minimum Gasteiger partial charge on any atom is -0.456 e. The van der Waals surface area contributed by atoms with E-state index in [4.69, 9.17) is 19.4 Å². The summed E-state index contributed by atoms with van der Waals surface area (Å²) in [6, 6.07) is 64.2. The third kappa shape index (κ3) is 5.98. The van der Waals surface area contributed by atoms with E-state index in [0.29, 0.717) is 23.0 Å². The molecule has 0 spiro atoms. The lowest BCUT2D eigenvalue weighted by atomic mass is 9.96. The highest BCUT2D eigenvalue weighted by molar-refractivity contribution is 6.13. The van der Waals surface area contributed by atoms with Crippen molar-refractivity contribution in [1.82, 2.24) is 15.0 Å². The van der Waals surface area contributed by atoms with Crippen molar-refractivity contribution < 1.29 is 4.42 Å². The number of rotatable bonds is 6. The molecule has 0 fully saturated rings. The molecular formula is C50H30N4O. The number of nitriles is 1. The molecule has 0 saturated carbocycles. The average Bonchev–Trinajstić information content (AvgIpc) is 3.65. The molecule has 0 amide bonds. The fourth-order valence-corrected chi connectivity index (χ4v) is 7.32. The van der Waals surface area contributed by atoms with Gasteiger partial charge < -0.3 is 4.42 Å². The first kappa shape index (κ1) is 32.0. The third-order valence-electron chi connectivity index (χ3n) is 10.2. The molecule has 0 bridgehead atoms. The molecule has 2 heterocycles. The monoisotopic (exact) mass is 702 g/mol. The summed E-state index contributed by atoms with van der Waals surface area (Å²) < 4.78 is 6.53. The van der Waals surface area contributed by atoms with Gasteiger partial charge in [-0.05, 0) is 80.6 Å². The number of nitrogens with zero attached hydrogens (tertiary/aromatic N) is 4. The maximum atomic E-state index is 9.23. The zero-order chi connectivity index (χ0) is 36.7. The van der Waals surface area contributed by atoms with Crippen LogP contribution in [-0.4, -0.2) is 15.0 Å². The highest BCUT2D eigenvalue weighted by Crippen LogP contribution is 2.39. The molecule has 5 heteroatoms. The minimum atomic E-state index is 0.559. The maximum Gasteiger partial charge on any atom is 0.164 e. The first-order valence-electron chi connectivity index (χ1n) is 18.1. The van der Waals surface area contributed by atoms with E-state index in [0.717, 1.165) is 71.7 Å². The zero-order valence-electron chi connectivity index (χ0n) is 29.5. The van der Waals surface area contributed by atoms with Crippen LogP contribution in [-0.2, 0) is 0 Å². The fraction of sp³-hybridized carbons (Fsp3) is 0. The van der Waals surface area contributed by atoms with Gasteiger partial charge in [-0.1, -0.05) is 146 Å². The molecule has 0 radical (unpaired) electrons. The number of aromatic nitrogens is 3. The van der Waals surface area contributed by atoms with Crippen molar-refractivity contribution in [2.24, 2.45) is 0 Å². The Balaban J connectivity index is 1.07. The van der Waals surface area contributed by atoms with Crippen molar-refractivity contribution >= 4 is 32.7 Å². The number of fused-ring (bicyclic) bond motifs is 4. The molecule has 10 aromatic rings. The van der Waals surface area contributed by atoms with E-state index in [1.165, 1.54) is 11.1 Å². The Bertz CT molecular complexity index is 3070. The van der Waals surface area contributed by atoms with Crippen LogP contribution in [0.15, 0.2) is 186 Å². The molecule has 10 rings (SSSR count). The van der Waals surface area contributed by atoms with Crippen LogP contribution in [0, 0.1) is 11.3 Å². The molecule has 0 aliphatic rings. The first-order chi connectivity index (χ1) is 27.2. The van der Waals surface area contributed by atoms with Gasteiger partial charge in [-0.3, -0.25) is 0 Å². The minimum absolute atomic E-state index is 0.559. The smallest absolute Gasteiger partial charge is 0.164 e. The van der Waals surface area contributed by atoms with E-state index < -0.39 is 0 Å². The number of benzene rings is 8. The first-order valence-corrected chi connectivity index (χ1v) is 18.1. The van der Waals surface area contributed by atoms with Gasteiger partial charge in [0.1, 0.15) is 11.2 Å². The summed E-state index contributed by atoms with van der Waals surface area (Å²) in [5.74, 6) is 1.72. The second-order valence-electron chi connectivity index (χ2n) is 13.6. The molecule has 0 N–H and O–H groups in total. The van der Waals surface area contributed by atoms with Crippen molar-refractivity contribution in [3.8, 4) is 73.6 Å². The molecule has 0 atom stereocenters. The largest absolute Gasteiger partial charge is 0.456 e. The Hall–Kier alpha value is -7.68. The van der Waals surface area contributed by atoms with Gasteiger partial charge in [0, 0.05) is 27.5 Å². The van der Waals surface area contributed by atoms with Crippen LogP contribution in [0.25, 0.3) is 100 Å². The Kier molecular flexibility index (Phi) is 7.79. The molecule has 55 heavy (non-hydrogen) atoms. The quantitative estimate of drug-likeness (QED) is 0.172. The molecule has 0 unspecified atom stereocenters. The SMILES string of the molecule is N#Cc1ccc(-c2ccc(-c3nc(-c4ccc5ccccc5c4)nc(-c4ccc5c(c4)oc4cccc(-c6ccc(-c7ccccc7)cc6)c45)n3)cc2)cc1. The Labute approximate surface area is 317 Å². The summed E-state index contributed by atoms with van der Waals surface area (Å²) in [5, 5.41) is 13.6. The van der Waals surface area contributed by atoms with Gasteiger partial charge in [-0.15, -0.1) is 0 Å². The summed E-state index contributed by atoms with van der Waals surface area (Å²) in [6.45, 7) is 0. The van der Waals surface area contributed by atoms with Crippen LogP contribution in [0.5, 0.6) is 0 Å². The molecular weight excluding hydrogens is 673 g/mol. The van der Waals surface area contributed by atoms with Crippen molar-refractivity contribution in [3.63, 3.8) is 0 Å². The van der Waals surface area contributed by atoms with E-state index in [9.17, 15) is 5.26 Å². The Morgan fingerprint density at radius 3 is 1.60 bits per heavy atom. The highest BCUT2D eigenvalue weighted by Gasteiger charge is 2.17. The lowest BCUT2D eigenvalue weighted by Gasteiger charge is -2.10. The lowest BCUT2D eigenvalue weighted by Crippen LogP contribution is -2.00. The summed E-state index contributed by atoms with van der Waals surface area (Å²) >= 11 is 0. The summed E-state index contributed by atoms with van der Waals surface area (Å²) in [4.78, 5) is 15.1. The van der Waals surface area contributed by atoms with Crippen LogP contribution in [0.3, 0.4) is 0 Å².